The highest BCUT2D eigenvalue weighted by Gasteiger charge is 2.27. The summed E-state index contributed by atoms with van der Waals surface area (Å²) in [4.78, 5) is 2.43. The van der Waals surface area contributed by atoms with E-state index in [1.54, 1.807) is 0 Å². The molecule has 0 saturated heterocycles. The Labute approximate surface area is 303 Å². The van der Waals surface area contributed by atoms with Gasteiger partial charge in [0, 0.05) is 50.1 Å². The first-order chi connectivity index (χ1) is 24.3. The van der Waals surface area contributed by atoms with Crippen molar-refractivity contribution in [3.05, 3.63) is 148 Å². The molecule has 3 heteroatoms. The number of fused-ring (bicyclic) bond motifs is 2. The van der Waals surface area contributed by atoms with Crippen LogP contribution in [0.25, 0.3) is 5.57 Å². The first-order valence-corrected chi connectivity index (χ1v) is 18.9. The van der Waals surface area contributed by atoms with Gasteiger partial charge in [0.15, 0.2) is 5.71 Å². The summed E-state index contributed by atoms with van der Waals surface area (Å²) in [6.45, 7) is 18.2. The molecule has 3 aromatic carbocycles. The molecule has 50 heavy (non-hydrogen) atoms. The molecule has 0 heterocycles. The second-order valence-corrected chi connectivity index (χ2v) is 14.5. The van der Waals surface area contributed by atoms with Crippen molar-refractivity contribution in [2.24, 2.45) is 5.92 Å². The van der Waals surface area contributed by atoms with Gasteiger partial charge in [0.2, 0.25) is 0 Å². The Kier molecular flexibility index (Phi) is 12.9. The Morgan fingerprint density at radius 3 is 2.58 bits per heavy atom. The number of allylic oxidation sites excluding steroid dienone is 6. The Hall–Kier alpha value is -4.37. The van der Waals surface area contributed by atoms with Crippen LogP contribution in [0, 0.1) is 19.8 Å². The first-order valence-electron chi connectivity index (χ1n) is 18.9. The molecule has 1 N–H and O–H groups in total. The highest BCUT2D eigenvalue weighted by Crippen LogP contribution is 2.42. The van der Waals surface area contributed by atoms with Gasteiger partial charge in [0.1, 0.15) is 13.6 Å². The highest BCUT2D eigenvalue weighted by molar-refractivity contribution is 6.06. The maximum atomic E-state index is 4.03. The summed E-state index contributed by atoms with van der Waals surface area (Å²) in [7, 11) is 4.24. The summed E-state index contributed by atoms with van der Waals surface area (Å²) in [6, 6.07) is 21.1. The van der Waals surface area contributed by atoms with E-state index >= 15 is 0 Å². The average Bonchev–Trinajstić information content (AvgIpc) is 3.12. The lowest BCUT2D eigenvalue weighted by Crippen LogP contribution is -2.24. The lowest BCUT2D eigenvalue weighted by atomic mass is 9.76. The molecule has 0 radical (unpaired) electrons. The van der Waals surface area contributed by atoms with Gasteiger partial charge in [-0.1, -0.05) is 86.9 Å². The quantitative estimate of drug-likeness (QED) is 0.121. The van der Waals surface area contributed by atoms with Gasteiger partial charge < -0.3 is 10.2 Å². The average molecular weight is 667 g/mol. The van der Waals surface area contributed by atoms with E-state index in [1.807, 2.05) is 13.1 Å². The van der Waals surface area contributed by atoms with E-state index in [0.717, 1.165) is 38.9 Å². The van der Waals surface area contributed by atoms with E-state index in [2.05, 4.69) is 148 Å². The SMILES string of the molecule is C=CCN(C/C=C\C)c1ccc(C)cc1CCCC(C)Cc1cc(C2=C3C=CC(=[N+](C)CCCC)C=C3Cc3cc(NC)ccc32)ccc1C. The monoisotopic (exact) mass is 666 g/mol. The van der Waals surface area contributed by atoms with Crippen LogP contribution in [0.4, 0.5) is 11.4 Å². The lowest BCUT2D eigenvalue weighted by molar-refractivity contribution is -0.496. The van der Waals surface area contributed by atoms with Crippen molar-refractivity contribution in [1.29, 1.82) is 0 Å². The third kappa shape index (κ3) is 8.85. The third-order valence-electron chi connectivity index (χ3n) is 10.5. The molecule has 2 aliphatic carbocycles. The van der Waals surface area contributed by atoms with Gasteiger partial charge in [-0.3, -0.25) is 0 Å². The maximum absolute atomic E-state index is 4.03. The molecule has 0 amide bonds. The minimum atomic E-state index is 0.597. The van der Waals surface area contributed by atoms with Crippen LogP contribution in [-0.2, 0) is 19.3 Å². The largest absolute Gasteiger partial charge is 0.388 e. The minimum Gasteiger partial charge on any atom is -0.388 e. The fourth-order valence-electron chi connectivity index (χ4n) is 7.58. The Balaban J connectivity index is 1.39. The summed E-state index contributed by atoms with van der Waals surface area (Å²) in [5, 5.41) is 3.37. The van der Waals surface area contributed by atoms with Crippen LogP contribution in [0.15, 0.2) is 109 Å². The molecule has 5 rings (SSSR count). The summed E-state index contributed by atoms with van der Waals surface area (Å²) >= 11 is 0. The minimum absolute atomic E-state index is 0.597. The van der Waals surface area contributed by atoms with E-state index in [9.17, 15) is 0 Å². The molecule has 1 atom stereocenters. The number of aryl methyl sites for hydroxylation is 3. The molecule has 3 aromatic rings. The van der Waals surface area contributed by atoms with E-state index in [1.165, 1.54) is 98.4 Å². The second-order valence-electron chi connectivity index (χ2n) is 14.5. The van der Waals surface area contributed by atoms with Gasteiger partial charge in [-0.15, -0.1) is 6.58 Å². The highest BCUT2D eigenvalue weighted by atomic mass is 15.1. The number of anilines is 2. The predicted molar refractivity (Wildman–Crippen MR) is 219 cm³/mol. The van der Waals surface area contributed by atoms with E-state index in [-0.39, 0.29) is 0 Å². The smallest absolute Gasteiger partial charge is 0.199 e. The van der Waals surface area contributed by atoms with Gasteiger partial charge in [-0.05, 0) is 127 Å². The van der Waals surface area contributed by atoms with Crippen LogP contribution in [0.2, 0.25) is 0 Å². The lowest BCUT2D eigenvalue weighted by Gasteiger charge is -2.27. The molecule has 0 aromatic heterocycles. The summed E-state index contributed by atoms with van der Waals surface area (Å²) in [6.07, 6.45) is 21.5. The molecule has 1 unspecified atom stereocenters. The molecular weight excluding hydrogens is 607 g/mol. The fourth-order valence-corrected chi connectivity index (χ4v) is 7.58. The maximum Gasteiger partial charge on any atom is 0.199 e. The molecule has 0 saturated carbocycles. The van der Waals surface area contributed by atoms with Gasteiger partial charge >= 0.3 is 0 Å². The Bertz CT molecular complexity index is 1830. The van der Waals surface area contributed by atoms with Crippen molar-refractivity contribution in [2.75, 3.05) is 43.9 Å². The number of unbranched alkanes of at least 4 members (excludes halogenated alkanes) is 1. The number of benzene rings is 3. The molecule has 0 bridgehead atoms. The normalized spacial score (nSPS) is 15.5. The number of nitrogens with one attached hydrogen (secondary N) is 1. The van der Waals surface area contributed by atoms with Gasteiger partial charge in [-0.2, -0.15) is 0 Å². The van der Waals surface area contributed by atoms with Gasteiger partial charge in [0.25, 0.3) is 0 Å². The van der Waals surface area contributed by atoms with E-state index in [0.29, 0.717) is 5.92 Å². The Morgan fingerprint density at radius 2 is 1.82 bits per heavy atom. The molecule has 0 aliphatic heterocycles. The third-order valence-corrected chi connectivity index (χ3v) is 10.5. The number of hydrogen-bond donors (Lipinski definition) is 1. The van der Waals surface area contributed by atoms with E-state index < -0.39 is 0 Å². The van der Waals surface area contributed by atoms with Crippen LogP contribution in [0.1, 0.15) is 85.4 Å². The predicted octanol–water partition coefficient (Wildman–Crippen LogP) is 10.9. The standard InChI is InChI=1S/C47H59N3/c1-9-12-26-49(8)43-21-23-45-41(33-43)31-40-32-42(48-7)20-22-44(40)47(45)38-19-18-36(6)39(30-38)29-34(4)15-14-16-37-28-35(5)17-24-46(37)50(25-11-3)27-13-10-2/h10-11,13,17-24,28,30,32-34H,3,9,12,14-16,25-27,29,31H2,1-2,4-8H3/p+1/b13-10-. The molecular formula is C47H60N3+. The van der Waals surface area contributed by atoms with Crippen LogP contribution < -0.4 is 10.2 Å². The fraction of sp³-hybridized carbons (Fsp3) is 0.383. The first kappa shape index (κ1) is 36.9. The zero-order valence-electron chi connectivity index (χ0n) is 31.9. The molecule has 0 fully saturated rings. The summed E-state index contributed by atoms with van der Waals surface area (Å²) < 4.78 is 2.41. The molecule has 2 aliphatic rings. The molecule has 3 nitrogen and oxygen atoms in total. The molecule has 262 valence electrons. The van der Waals surface area contributed by atoms with Crippen molar-refractivity contribution in [1.82, 2.24) is 0 Å². The number of rotatable bonds is 16. The zero-order valence-corrected chi connectivity index (χ0v) is 31.9. The number of hydrogen-bond acceptors (Lipinski definition) is 2. The zero-order chi connectivity index (χ0) is 35.6. The van der Waals surface area contributed by atoms with Crippen molar-refractivity contribution < 1.29 is 4.58 Å². The van der Waals surface area contributed by atoms with Crippen LogP contribution in [0.5, 0.6) is 0 Å². The second kappa shape index (κ2) is 17.5. The van der Waals surface area contributed by atoms with Crippen molar-refractivity contribution in [3.8, 4) is 0 Å². The number of nitrogens with zero attached hydrogens (tertiary/aromatic N) is 2. The summed E-state index contributed by atoms with van der Waals surface area (Å²) in [5.41, 5.74) is 17.7. The van der Waals surface area contributed by atoms with Crippen molar-refractivity contribution in [3.63, 3.8) is 0 Å². The van der Waals surface area contributed by atoms with Crippen LogP contribution in [0.3, 0.4) is 0 Å². The van der Waals surface area contributed by atoms with Crippen molar-refractivity contribution in [2.45, 2.75) is 79.6 Å². The van der Waals surface area contributed by atoms with Crippen LogP contribution in [-0.4, -0.2) is 44.0 Å². The van der Waals surface area contributed by atoms with Crippen LogP contribution >= 0.6 is 0 Å². The van der Waals surface area contributed by atoms with Gasteiger partial charge in [-0.25, -0.2) is 4.58 Å². The van der Waals surface area contributed by atoms with Gasteiger partial charge in [0.05, 0.1) is 0 Å². The van der Waals surface area contributed by atoms with E-state index in [4.69, 9.17) is 0 Å². The van der Waals surface area contributed by atoms with Crippen molar-refractivity contribution >= 4 is 22.7 Å². The topological polar surface area (TPSA) is 18.3 Å². The summed E-state index contributed by atoms with van der Waals surface area (Å²) in [5.74, 6) is 0.597. The Morgan fingerprint density at radius 1 is 0.980 bits per heavy atom. The molecule has 0 spiro atoms.